The molecule has 98 valence electrons. The number of carboxylic acid groups (broad SMARTS) is 1. The average molecular weight is 256 g/mol. The molecule has 0 aromatic heterocycles. The molecule has 0 saturated carbocycles. The quantitative estimate of drug-likeness (QED) is 0.637. The number of carbonyl (C=O) groups excluding carboxylic acids is 1. The van der Waals surface area contributed by atoms with Crippen molar-refractivity contribution in [3.8, 4) is 0 Å². The smallest absolute Gasteiger partial charge is 0.328 e. The number of halogens is 1. The normalized spacial score (nSPS) is 11.7. The molecule has 2 amide bonds. The van der Waals surface area contributed by atoms with E-state index in [9.17, 15) is 14.0 Å². The maximum Gasteiger partial charge on any atom is 0.328 e. The zero-order valence-electron chi connectivity index (χ0n) is 9.61. The van der Waals surface area contributed by atoms with Crippen molar-refractivity contribution in [1.29, 1.82) is 0 Å². The van der Waals surface area contributed by atoms with Crippen LogP contribution in [0.15, 0.2) is 18.2 Å². The van der Waals surface area contributed by atoms with Crippen LogP contribution in [0.5, 0.6) is 0 Å². The molecule has 0 spiro atoms. The van der Waals surface area contributed by atoms with Crippen LogP contribution in [0.25, 0.3) is 0 Å². The van der Waals surface area contributed by atoms with Crippen molar-refractivity contribution < 1.29 is 24.2 Å². The van der Waals surface area contributed by atoms with Crippen molar-refractivity contribution >= 4 is 17.7 Å². The summed E-state index contributed by atoms with van der Waals surface area (Å²) in [6.07, 6.45) is 0. The summed E-state index contributed by atoms with van der Waals surface area (Å²) in [5.41, 5.74) is 0.679. The molecule has 1 atom stereocenters. The zero-order valence-corrected chi connectivity index (χ0v) is 9.61. The summed E-state index contributed by atoms with van der Waals surface area (Å²) in [6, 6.07) is 1.79. The van der Waals surface area contributed by atoms with Crippen LogP contribution in [0, 0.1) is 12.7 Å². The van der Waals surface area contributed by atoms with Crippen LogP contribution in [0.3, 0.4) is 0 Å². The molecule has 1 aromatic rings. The summed E-state index contributed by atoms with van der Waals surface area (Å²) in [7, 11) is 0. The Morgan fingerprint density at radius 3 is 2.67 bits per heavy atom. The lowest BCUT2D eigenvalue weighted by molar-refractivity contribution is -0.140. The van der Waals surface area contributed by atoms with E-state index in [1.807, 2.05) is 5.32 Å². The van der Waals surface area contributed by atoms with Crippen LogP contribution in [-0.2, 0) is 4.79 Å². The van der Waals surface area contributed by atoms with Crippen LogP contribution in [0.2, 0.25) is 0 Å². The number of urea groups is 1. The third-order valence-corrected chi connectivity index (χ3v) is 2.16. The summed E-state index contributed by atoms with van der Waals surface area (Å²) in [5.74, 6) is -2.01. The Hall–Kier alpha value is -2.15. The van der Waals surface area contributed by atoms with Gasteiger partial charge in [0.25, 0.3) is 0 Å². The predicted molar refractivity (Wildman–Crippen MR) is 61.8 cm³/mol. The number of anilines is 1. The SMILES string of the molecule is Cc1ccc(F)c(NC(=O)N[C@H](CO)C(=O)O)c1. The second-order valence-corrected chi connectivity index (χ2v) is 3.66. The first kappa shape index (κ1) is 13.9. The van der Waals surface area contributed by atoms with Crippen molar-refractivity contribution in [3.05, 3.63) is 29.6 Å². The lowest BCUT2D eigenvalue weighted by Gasteiger charge is -2.13. The van der Waals surface area contributed by atoms with Gasteiger partial charge < -0.3 is 20.8 Å². The Bertz CT molecular complexity index is 464. The molecule has 0 bridgehead atoms. The van der Waals surface area contributed by atoms with E-state index in [-0.39, 0.29) is 5.69 Å². The van der Waals surface area contributed by atoms with Crippen molar-refractivity contribution in [2.75, 3.05) is 11.9 Å². The number of aliphatic carboxylic acids is 1. The number of hydrogen-bond acceptors (Lipinski definition) is 3. The highest BCUT2D eigenvalue weighted by Gasteiger charge is 2.19. The second kappa shape index (κ2) is 5.97. The van der Waals surface area contributed by atoms with Crippen molar-refractivity contribution in [2.45, 2.75) is 13.0 Å². The third-order valence-electron chi connectivity index (χ3n) is 2.16. The maximum absolute atomic E-state index is 13.3. The fraction of sp³-hybridized carbons (Fsp3) is 0.273. The average Bonchev–Trinajstić information content (AvgIpc) is 2.30. The Kier molecular flexibility index (Phi) is 4.61. The van der Waals surface area contributed by atoms with Gasteiger partial charge in [-0.25, -0.2) is 14.0 Å². The molecule has 1 rings (SSSR count). The van der Waals surface area contributed by atoms with E-state index in [4.69, 9.17) is 10.2 Å². The number of hydrogen-bond donors (Lipinski definition) is 4. The molecule has 0 aliphatic carbocycles. The number of rotatable bonds is 4. The summed E-state index contributed by atoms with van der Waals surface area (Å²) < 4.78 is 13.3. The maximum atomic E-state index is 13.3. The van der Waals surface area contributed by atoms with Crippen LogP contribution < -0.4 is 10.6 Å². The van der Waals surface area contributed by atoms with E-state index < -0.39 is 30.5 Å². The molecule has 0 heterocycles. The van der Waals surface area contributed by atoms with E-state index in [1.165, 1.54) is 18.2 Å². The second-order valence-electron chi connectivity index (χ2n) is 3.66. The fourth-order valence-electron chi connectivity index (χ4n) is 1.24. The minimum atomic E-state index is -1.43. The Labute approximate surface area is 102 Å². The van der Waals surface area contributed by atoms with Gasteiger partial charge in [0, 0.05) is 0 Å². The van der Waals surface area contributed by atoms with Crippen LogP contribution in [0.4, 0.5) is 14.9 Å². The Morgan fingerprint density at radius 1 is 1.44 bits per heavy atom. The van der Waals surface area contributed by atoms with Gasteiger partial charge in [-0.1, -0.05) is 6.07 Å². The lowest BCUT2D eigenvalue weighted by Crippen LogP contribution is -2.45. The Balaban J connectivity index is 2.70. The van der Waals surface area contributed by atoms with E-state index in [0.717, 1.165) is 5.56 Å². The topological polar surface area (TPSA) is 98.7 Å². The number of aliphatic hydroxyl groups is 1. The third kappa shape index (κ3) is 3.70. The molecule has 7 heteroatoms. The van der Waals surface area contributed by atoms with E-state index >= 15 is 0 Å². The standard InChI is InChI=1S/C11H13FN2O4/c1-6-2-3-7(12)8(4-6)13-11(18)14-9(5-15)10(16)17/h2-4,9,15H,5H2,1H3,(H,16,17)(H2,13,14,18)/t9-/m1/s1. The van der Waals surface area contributed by atoms with Gasteiger partial charge in [0.2, 0.25) is 0 Å². The number of amides is 2. The first-order valence-electron chi connectivity index (χ1n) is 5.11. The number of nitrogens with one attached hydrogen (secondary N) is 2. The first-order chi connectivity index (χ1) is 8.43. The lowest BCUT2D eigenvalue weighted by atomic mass is 10.2. The molecule has 0 saturated heterocycles. The van der Waals surface area contributed by atoms with E-state index in [2.05, 4.69) is 5.32 Å². The molecule has 0 aliphatic heterocycles. The van der Waals surface area contributed by atoms with Gasteiger partial charge in [0.05, 0.1) is 12.3 Å². The van der Waals surface area contributed by atoms with Crippen LogP contribution in [0.1, 0.15) is 5.56 Å². The monoisotopic (exact) mass is 256 g/mol. The number of aliphatic hydroxyl groups excluding tert-OH is 1. The molecule has 0 unspecified atom stereocenters. The van der Waals surface area contributed by atoms with Crippen molar-refractivity contribution in [2.24, 2.45) is 0 Å². The molecule has 6 nitrogen and oxygen atoms in total. The Morgan fingerprint density at radius 2 is 2.11 bits per heavy atom. The van der Waals surface area contributed by atoms with Gasteiger partial charge in [-0.15, -0.1) is 0 Å². The summed E-state index contributed by atoms with van der Waals surface area (Å²) in [6.45, 7) is 0.968. The fourth-order valence-corrected chi connectivity index (χ4v) is 1.24. The summed E-state index contributed by atoms with van der Waals surface area (Å²) in [5, 5.41) is 21.5. The number of aryl methyl sites for hydroxylation is 1. The zero-order chi connectivity index (χ0) is 13.7. The molecule has 1 aromatic carbocycles. The minimum Gasteiger partial charge on any atom is -0.480 e. The first-order valence-corrected chi connectivity index (χ1v) is 5.11. The predicted octanol–water partition coefficient (Wildman–Crippen LogP) is 0.701. The van der Waals surface area contributed by atoms with Gasteiger partial charge in [-0.3, -0.25) is 0 Å². The van der Waals surface area contributed by atoms with Crippen molar-refractivity contribution in [3.63, 3.8) is 0 Å². The van der Waals surface area contributed by atoms with E-state index in [0.29, 0.717) is 0 Å². The van der Waals surface area contributed by atoms with E-state index in [1.54, 1.807) is 6.92 Å². The largest absolute Gasteiger partial charge is 0.480 e. The molecule has 0 fully saturated rings. The molecule has 18 heavy (non-hydrogen) atoms. The molecular formula is C11H13FN2O4. The number of carboxylic acids is 1. The van der Waals surface area contributed by atoms with Gasteiger partial charge in [0.15, 0.2) is 6.04 Å². The molecule has 4 N–H and O–H groups in total. The summed E-state index contributed by atoms with van der Waals surface area (Å²) in [4.78, 5) is 21.9. The molecule has 0 aliphatic rings. The van der Waals surface area contributed by atoms with Gasteiger partial charge >= 0.3 is 12.0 Å². The van der Waals surface area contributed by atoms with Crippen LogP contribution >= 0.6 is 0 Å². The molecular weight excluding hydrogens is 243 g/mol. The number of carbonyl (C=O) groups is 2. The summed E-state index contributed by atoms with van der Waals surface area (Å²) >= 11 is 0. The minimum absolute atomic E-state index is 0.0606. The van der Waals surface area contributed by atoms with Gasteiger partial charge in [-0.05, 0) is 24.6 Å². The molecule has 0 radical (unpaired) electrons. The highest BCUT2D eigenvalue weighted by molar-refractivity contribution is 5.92. The highest BCUT2D eigenvalue weighted by Crippen LogP contribution is 2.15. The van der Waals surface area contributed by atoms with Gasteiger partial charge in [-0.2, -0.15) is 0 Å². The number of benzene rings is 1. The van der Waals surface area contributed by atoms with Crippen LogP contribution in [-0.4, -0.2) is 34.9 Å². The van der Waals surface area contributed by atoms with Gasteiger partial charge in [0.1, 0.15) is 5.82 Å². The van der Waals surface area contributed by atoms with Crippen molar-refractivity contribution in [1.82, 2.24) is 5.32 Å². The highest BCUT2D eigenvalue weighted by atomic mass is 19.1.